The van der Waals surface area contributed by atoms with Crippen LogP contribution in [0.15, 0.2) is 48.2 Å². The number of hydrogen-bond donors (Lipinski definition) is 0. The van der Waals surface area contributed by atoms with Crippen molar-refractivity contribution in [3.05, 3.63) is 59.6 Å². The van der Waals surface area contributed by atoms with E-state index in [2.05, 4.69) is 4.98 Å². The van der Waals surface area contributed by atoms with Crippen LogP contribution < -0.4 is 4.74 Å². The molecule has 2 aliphatic carbocycles. The van der Waals surface area contributed by atoms with Crippen molar-refractivity contribution in [1.29, 1.82) is 0 Å². The molecular weight excluding hydrogens is 393 g/mol. The number of nitrogens with zero attached hydrogens (tertiary/aromatic N) is 1. The third-order valence-electron chi connectivity index (χ3n) is 6.34. The van der Waals surface area contributed by atoms with Gasteiger partial charge in [0.05, 0.1) is 6.61 Å². The van der Waals surface area contributed by atoms with E-state index in [9.17, 15) is 4.79 Å². The van der Waals surface area contributed by atoms with Crippen LogP contribution in [-0.4, -0.2) is 23.7 Å². The lowest BCUT2D eigenvalue weighted by atomic mass is 9.81. The minimum absolute atomic E-state index is 0.163. The number of aromatic nitrogens is 1. The summed E-state index contributed by atoms with van der Waals surface area (Å²) in [5.41, 5.74) is 3.47. The summed E-state index contributed by atoms with van der Waals surface area (Å²) in [5.74, 6) is 0.291. The van der Waals surface area contributed by atoms with E-state index in [0.717, 1.165) is 60.8 Å². The van der Waals surface area contributed by atoms with Gasteiger partial charge >= 0.3 is 5.97 Å². The van der Waals surface area contributed by atoms with Crippen LogP contribution in [0.25, 0.3) is 11.1 Å². The van der Waals surface area contributed by atoms with E-state index in [1.54, 1.807) is 25.3 Å². The number of pyridine rings is 1. The van der Waals surface area contributed by atoms with Gasteiger partial charge < -0.3 is 9.47 Å². The van der Waals surface area contributed by atoms with E-state index in [1.165, 1.54) is 12.8 Å². The third-order valence-corrected chi connectivity index (χ3v) is 6.34. The second-order valence-corrected chi connectivity index (χ2v) is 8.45. The summed E-state index contributed by atoms with van der Waals surface area (Å²) >= 11 is 0. The number of allylic oxidation sites excluding steroid dienone is 1. The number of ether oxygens (including phenoxy) is 2. The SMILES string of the molecule is CCOC(=O)C=C1CCC(c2ccc(-c3cccnc3OC3CCCC3)cc2F)CC1. The Bertz CT molecular complexity index is 939. The summed E-state index contributed by atoms with van der Waals surface area (Å²) in [5, 5.41) is 0. The van der Waals surface area contributed by atoms with Gasteiger partial charge in [0.25, 0.3) is 0 Å². The molecule has 164 valence electrons. The lowest BCUT2D eigenvalue weighted by molar-refractivity contribution is -0.137. The molecule has 0 amide bonds. The Morgan fingerprint density at radius 2 is 1.94 bits per heavy atom. The van der Waals surface area contributed by atoms with Gasteiger partial charge in [-0.05, 0) is 93.5 Å². The molecule has 0 aliphatic heterocycles. The lowest BCUT2D eigenvalue weighted by Crippen LogP contribution is -2.12. The van der Waals surface area contributed by atoms with Crippen molar-refractivity contribution in [2.75, 3.05) is 6.61 Å². The molecular formula is C26H30FNO3. The van der Waals surface area contributed by atoms with E-state index in [1.807, 2.05) is 24.3 Å². The molecule has 31 heavy (non-hydrogen) atoms. The number of benzene rings is 1. The zero-order chi connectivity index (χ0) is 21.6. The standard InChI is InChI=1S/C26H30FNO3/c1-2-30-25(29)16-18-9-11-19(12-10-18)22-14-13-20(17-24(22)27)23-8-5-15-28-26(23)31-21-6-3-4-7-21/h5,8,13-17,19,21H,2-4,6-7,9-12H2,1H3. The maximum atomic E-state index is 15.1. The molecule has 1 heterocycles. The number of esters is 1. The second-order valence-electron chi connectivity index (χ2n) is 8.45. The zero-order valence-corrected chi connectivity index (χ0v) is 18.1. The summed E-state index contributed by atoms with van der Waals surface area (Å²) in [6.45, 7) is 2.18. The molecule has 0 radical (unpaired) electrons. The van der Waals surface area contributed by atoms with Crippen LogP contribution in [0.4, 0.5) is 4.39 Å². The first-order chi connectivity index (χ1) is 15.1. The van der Waals surface area contributed by atoms with Crippen molar-refractivity contribution in [3.63, 3.8) is 0 Å². The number of carbonyl (C=O) groups is 1. The van der Waals surface area contributed by atoms with Gasteiger partial charge in [0.15, 0.2) is 0 Å². The smallest absolute Gasteiger partial charge is 0.330 e. The van der Waals surface area contributed by atoms with E-state index >= 15 is 4.39 Å². The highest BCUT2D eigenvalue weighted by atomic mass is 19.1. The van der Waals surface area contributed by atoms with Gasteiger partial charge in [-0.1, -0.05) is 17.7 Å². The van der Waals surface area contributed by atoms with Crippen LogP contribution in [0.5, 0.6) is 5.88 Å². The van der Waals surface area contributed by atoms with Gasteiger partial charge in [0.1, 0.15) is 11.9 Å². The van der Waals surface area contributed by atoms with Crippen molar-refractivity contribution < 1.29 is 18.7 Å². The molecule has 2 aliphatic rings. The van der Waals surface area contributed by atoms with Crippen LogP contribution in [0.2, 0.25) is 0 Å². The molecule has 0 bridgehead atoms. The molecule has 1 aromatic carbocycles. The molecule has 0 saturated heterocycles. The Morgan fingerprint density at radius 1 is 1.16 bits per heavy atom. The molecule has 0 spiro atoms. The Kier molecular flexibility index (Phi) is 7.00. The van der Waals surface area contributed by atoms with E-state index in [0.29, 0.717) is 12.5 Å². The predicted octanol–water partition coefficient (Wildman–Crippen LogP) is 6.36. The maximum Gasteiger partial charge on any atom is 0.330 e. The van der Waals surface area contributed by atoms with Crippen molar-refractivity contribution in [1.82, 2.24) is 4.98 Å². The highest BCUT2D eigenvalue weighted by molar-refractivity contribution is 5.82. The Balaban J connectivity index is 1.47. The van der Waals surface area contributed by atoms with Crippen molar-refractivity contribution in [3.8, 4) is 17.0 Å². The normalized spacial score (nSPS) is 19.3. The molecule has 2 saturated carbocycles. The first kappa shape index (κ1) is 21.5. The molecule has 4 rings (SSSR count). The highest BCUT2D eigenvalue weighted by Gasteiger charge is 2.23. The molecule has 4 nitrogen and oxygen atoms in total. The Hall–Kier alpha value is -2.69. The van der Waals surface area contributed by atoms with Crippen molar-refractivity contribution in [2.45, 2.75) is 70.3 Å². The van der Waals surface area contributed by atoms with Gasteiger partial charge in [-0.3, -0.25) is 0 Å². The van der Waals surface area contributed by atoms with Gasteiger partial charge in [0, 0.05) is 17.8 Å². The summed E-state index contributed by atoms with van der Waals surface area (Å²) in [4.78, 5) is 16.1. The fourth-order valence-corrected chi connectivity index (χ4v) is 4.69. The quantitative estimate of drug-likeness (QED) is 0.401. The summed E-state index contributed by atoms with van der Waals surface area (Å²) in [6, 6.07) is 9.29. The molecule has 1 aromatic heterocycles. The molecule has 0 atom stereocenters. The number of carbonyl (C=O) groups excluding carboxylic acids is 1. The molecule has 0 N–H and O–H groups in total. The number of rotatable bonds is 6. The average molecular weight is 424 g/mol. The van der Waals surface area contributed by atoms with Gasteiger partial charge in [-0.25, -0.2) is 14.2 Å². The lowest BCUT2D eigenvalue weighted by Gasteiger charge is -2.25. The predicted molar refractivity (Wildman–Crippen MR) is 118 cm³/mol. The first-order valence-corrected chi connectivity index (χ1v) is 11.4. The topological polar surface area (TPSA) is 48.4 Å². The minimum atomic E-state index is -0.279. The summed E-state index contributed by atoms with van der Waals surface area (Å²) in [6.07, 6.45) is 11.3. The minimum Gasteiger partial charge on any atom is -0.474 e. The van der Waals surface area contributed by atoms with E-state index in [-0.39, 0.29) is 23.8 Å². The molecule has 2 aromatic rings. The third kappa shape index (κ3) is 5.33. The van der Waals surface area contributed by atoms with Crippen LogP contribution in [0, 0.1) is 5.82 Å². The van der Waals surface area contributed by atoms with Crippen LogP contribution in [-0.2, 0) is 9.53 Å². The zero-order valence-electron chi connectivity index (χ0n) is 18.1. The van der Waals surface area contributed by atoms with E-state index < -0.39 is 0 Å². The fourth-order valence-electron chi connectivity index (χ4n) is 4.69. The van der Waals surface area contributed by atoms with Gasteiger partial charge in [-0.15, -0.1) is 0 Å². The molecule has 2 fully saturated rings. The van der Waals surface area contributed by atoms with Crippen LogP contribution in [0.3, 0.4) is 0 Å². The van der Waals surface area contributed by atoms with Crippen LogP contribution in [0.1, 0.15) is 69.8 Å². The van der Waals surface area contributed by atoms with E-state index in [4.69, 9.17) is 9.47 Å². The van der Waals surface area contributed by atoms with Crippen molar-refractivity contribution in [2.24, 2.45) is 0 Å². The summed E-state index contributed by atoms with van der Waals surface area (Å²) < 4.78 is 26.2. The van der Waals surface area contributed by atoms with Crippen molar-refractivity contribution >= 4 is 5.97 Å². The van der Waals surface area contributed by atoms with Gasteiger partial charge in [-0.2, -0.15) is 0 Å². The maximum absolute atomic E-state index is 15.1. The Labute approximate surface area is 183 Å². The first-order valence-electron chi connectivity index (χ1n) is 11.4. The highest BCUT2D eigenvalue weighted by Crippen LogP contribution is 2.38. The average Bonchev–Trinajstić information content (AvgIpc) is 3.28. The molecule has 5 heteroatoms. The fraction of sp³-hybridized carbons (Fsp3) is 0.462. The number of hydrogen-bond acceptors (Lipinski definition) is 4. The van der Waals surface area contributed by atoms with Gasteiger partial charge in [0.2, 0.25) is 5.88 Å². The second kappa shape index (κ2) is 10.1. The van der Waals surface area contributed by atoms with Crippen LogP contribution >= 0.6 is 0 Å². The molecule has 0 unspecified atom stereocenters. The number of halogens is 1. The summed E-state index contributed by atoms with van der Waals surface area (Å²) in [7, 11) is 0. The largest absolute Gasteiger partial charge is 0.474 e. The Morgan fingerprint density at radius 3 is 2.65 bits per heavy atom. The monoisotopic (exact) mass is 423 g/mol.